The van der Waals surface area contributed by atoms with E-state index in [4.69, 9.17) is 21.1 Å². The number of methoxy groups -OCH3 is 2. The highest BCUT2D eigenvalue weighted by molar-refractivity contribution is 7.92. The molecule has 2 amide bonds. The van der Waals surface area contributed by atoms with Gasteiger partial charge in [0.2, 0.25) is 21.8 Å². The summed E-state index contributed by atoms with van der Waals surface area (Å²) >= 11 is 6.10. The summed E-state index contributed by atoms with van der Waals surface area (Å²) in [4.78, 5) is 29.3. The summed E-state index contributed by atoms with van der Waals surface area (Å²) in [5.41, 5.74) is 1.76. The predicted molar refractivity (Wildman–Crippen MR) is 166 cm³/mol. The zero-order chi connectivity index (χ0) is 30.9. The molecule has 0 bridgehead atoms. The summed E-state index contributed by atoms with van der Waals surface area (Å²) < 4.78 is 37.8. The summed E-state index contributed by atoms with van der Waals surface area (Å²) in [5.74, 6) is -0.0245. The third-order valence-corrected chi connectivity index (χ3v) is 7.94. The Kier molecular flexibility index (Phi) is 11.6. The Balaban J connectivity index is 2.08. The fourth-order valence-electron chi connectivity index (χ4n) is 4.35. The number of carbonyl (C=O) groups excluding carboxylic acids is 2. The quantitative estimate of drug-likeness (QED) is 0.286. The van der Waals surface area contributed by atoms with Crippen LogP contribution in [0.3, 0.4) is 0 Å². The number of amides is 2. The molecule has 3 rings (SSSR count). The van der Waals surface area contributed by atoms with Crippen molar-refractivity contribution in [1.29, 1.82) is 0 Å². The van der Waals surface area contributed by atoms with Crippen LogP contribution in [0.15, 0.2) is 72.8 Å². The lowest BCUT2D eigenvalue weighted by atomic mass is 10.0. The molecule has 1 N–H and O–H groups in total. The number of carbonyl (C=O) groups is 2. The SMILES string of the molecule is COc1ccc(N(CC(=O)N(Cc2ccc(Cl)cc2)C(Cc2ccccc2)C(=O)NCC(C)C)S(C)(=O)=O)c(OC)c1. The Morgan fingerprint density at radius 2 is 1.60 bits per heavy atom. The van der Waals surface area contributed by atoms with Crippen molar-refractivity contribution in [3.05, 3.63) is 88.9 Å². The molecule has 0 aliphatic heterocycles. The number of anilines is 1. The van der Waals surface area contributed by atoms with E-state index in [1.807, 2.05) is 44.2 Å². The molecular weight excluding hydrogens is 578 g/mol. The molecule has 0 saturated heterocycles. The average Bonchev–Trinajstić information content (AvgIpc) is 2.96. The van der Waals surface area contributed by atoms with E-state index in [1.54, 1.807) is 36.4 Å². The molecule has 0 spiro atoms. The van der Waals surface area contributed by atoms with Crippen LogP contribution in [-0.4, -0.2) is 64.7 Å². The van der Waals surface area contributed by atoms with Crippen molar-refractivity contribution in [2.24, 2.45) is 5.92 Å². The second kappa shape index (κ2) is 14.9. The summed E-state index contributed by atoms with van der Waals surface area (Å²) in [6.07, 6.45) is 1.25. The summed E-state index contributed by atoms with van der Waals surface area (Å²) in [5, 5.41) is 3.49. The number of nitrogens with zero attached hydrogens (tertiary/aromatic N) is 2. The number of rotatable bonds is 14. The normalized spacial score (nSPS) is 12.0. The average molecular weight is 616 g/mol. The van der Waals surface area contributed by atoms with Crippen LogP contribution in [0.1, 0.15) is 25.0 Å². The topological polar surface area (TPSA) is 105 Å². The Bertz CT molecular complexity index is 1450. The third kappa shape index (κ3) is 9.12. The van der Waals surface area contributed by atoms with Gasteiger partial charge in [-0.1, -0.05) is 67.9 Å². The highest BCUT2D eigenvalue weighted by Crippen LogP contribution is 2.34. The zero-order valence-corrected chi connectivity index (χ0v) is 26.1. The molecule has 0 heterocycles. The Morgan fingerprint density at radius 3 is 2.17 bits per heavy atom. The first-order valence-electron chi connectivity index (χ1n) is 13.5. The van der Waals surface area contributed by atoms with E-state index in [0.717, 1.165) is 21.7 Å². The molecule has 0 saturated carbocycles. The third-order valence-electron chi connectivity index (χ3n) is 6.56. The zero-order valence-electron chi connectivity index (χ0n) is 24.5. The molecule has 0 fully saturated rings. The van der Waals surface area contributed by atoms with Gasteiger partial charge in [0.15, 0.2) is 0 Å². The van der Waals surface area contributed by atoms with Crippen molar-refractivity contribution < 1.29 is 27.5 Å². The highest BCUT2D eigenvalue weighted by atomic mass is 35.5. The van der Waals surface area contributed by atoms with Gasteiger partial charge in [-0.2, -0.15) is 0 Å². The number of nitrogens with one attached hydrogen (secondary N) is 1. The van der Waals surface area contributed by atoms with Gasteiger partial charge in [0.1, 0.15) is 24.1 Å². The standard InChI is InChI=1S/C31H38ClN3O6S/c1-22(2)19-33-31(37)28(17-23-9-7-6-8-10-23)34(20-24-11-13-25(32)14-12-24)30(36)21-35(42(5,38)39)27-16-15-26(40-3)18-29(27)41-4/h6-16,18,22,28H,17,19-21H2,1-5H3,(H,33,37). The van der Waals surface area contributed by atoms with Gasteiger partial charge in [-0.25, -0.2) is 8.42 Å². The molecule has 0 aromatic heterocycles. The highest BCUT2D eigenvalue weighted by Gasteiger charge is 2.33. The second-order valence-corrected chi connectivity index (χ2v) is 12.6. The van der Waals surface area contributed by atoms with Crippen LogP contribution < -0.4 is 19.1 Å². The van der Waals surface area contributed by atoms with Crippen LogP contribution >= 0.6 is 11.6 Å². The second-order valence-electron chi connectivity index (χ2n) is 10.3. The molecule has 42 heavy (non-hydrogen) atoms. The first-order valence-corrected chi connectivity index (χ1v) is 15.7. The van der Waals surface area contributed by atoms with Crippen molar-refractivity contribution in [3.63, 3.8) is 0 Å². The number of ether oxygens (including phenoxy) is 2. The fraction of sp³-hybridized carbons (Fsp3) is 0.355. The largest absolute Gasteiger partial charge is 0.497 e. The van der Waals surface area contributed by atoms with Crippen molar-refractivity contribution in [2.45, 2.75) is 32.9 Å². The van der Waals surface area contributed by atoms with Crippen LogP contribution in [0, 0.1) is 5.92 Å². The molecule has 1 unspecified atom stereocenters. The molecule has 3 aromatic rings. The Hall–Kier alpha value is -3.76. The number of hydrogen-bond donors (Lipinski definition) is 1. The van der Waals surface area contributed by atoms with Gasteiger partial charge in [0.05, 0.1) is 26.2 Å². The lowest BCUT2D eigenvalue weighted by molar-refractivity contribution is -0.140. The van der Waals surface area contributed by atoms with E-state index in [2.05, 4.69) is 5.32 Å². The summed E-state index contributed by atoms with van der Waals surface area (Å²) in [6, 6.07) is 20.1. The molecule has 1 atom stereocenters. The minimum atomic E-state index is -3.96. The van der Waals surface area contributed by atoms with Crippen LogP contribution in [0.4, 0.5) is 5.69 Å². The molecule has 0 aliphatic carbocycles. The minimum Gasteiger partial charge on any atom is -0.497 e. The summed E-state index contributed by atoms with van der Waals surface area (Å²) in [6.45, 7) is 3.88. The lowest BCUT2D eigenvalue weighted by Crippen LogP contribution is -2.53. The van der Waals surface area contributed by atoms with Crippen LogP contribution in [0.2, 0.25) is 5.02 Å². The van der Waals surface area contributed by atoms with Crippen molar-refractivity contribution in [3.8, 4) is 11.5 Å². The monoisotopic (exact) mass is 615 g/mol. The maximum atomic E-state index is 14.2. The number of sulfonamides is 1. The molecule has 0 aliphatic rings. The molecule has 3 aromatic carbocycles. The molecule has 9 nitrogen and oxygen atoms in total. The van der Waals surface area contributed by atoms with Crippen LogP contribution in [0.5, 0.6) is 11.5 Å². The number of halogens is 1. The predicted octanol–water partition coefficient (Wildman–Crippen LogP) is 4.54. The minimum absolute atomic E-state index is 0.0555. The van der Waals surface area contributed by atoms with Crippen molar-refractivity contribution >= 4 is 39.1 Å². The van der Waals surface area contributed by atoms with Gasteiger partial charge in [-0.05, 0) is 41.3 Å². The van der Waals surface area contributed by atoms with Gasteiger partial charge in [0, 0.05) is 30.6 Å². The van der Waals surface area contributed by atoms with Gasteiger partial charge in [-0.15, -0.1) is 0 Å². The number of benzene rings is 3. The van der Waals surface area contributed by atoms with E-state index in [9.17, 15) is 18.0 Å². The van der Waals surface area contributed by atoms with E-state index >= 15 is 0 Å². The summed E-state index contributed by atoms with van der Waals surface area (Å²) in [7, 11) is -1.07. The Labute approximate surface area is 253 Å². The van der Waals surface area contributed by atoms with Crippen LogP contribution in [-0.2, 0) is 32.6 Å². The van der Waals surface area contributed by atoms with E-state index < -0.39 is 28.5 Å². The van der Waals surface area contributed by atoms with Crippen LogP contribution in [0.25, 0.3) is 0 Å². The molecule has 226 valence electrons. The smallest absolute Gasteiger partial charge is 0.244 e. The van der Waals surface area contributed by atoms with Gasteiger partial charge in [0.25, 0.3) is 0 Å². The van der Waals surface area contributed by atoms with Gasteiger partial charge < -0.3 is 19.7 Å². The first-order chi connectivity index (χ1) is 19.9. The van der Waals surface area contributed by atoms with Gasteiger partial charge >= 0.3 is 0 Å². The van der Waals surface area contributed by atoms with Gasteiger partial charge in [-0.3, -0.25) is 13.9 Å². The van der Waals surface area contributed by atoms with Crippen molar-refractivity contribution in [2.75, 3.05) is 37.9 Å². The molecular formula is C31H38ClN3O6S. The fourth-order valence-corrected chi connectivity index (χ4v) is 5.33. The number of hydrogen-bond acceptors (Lipinski definition) is 6. The Morgan fingerprint density at radius 1 is 0.929 bits per heavy atom. The van der Waals surface area contributed by atoms with E-state index in [-0.39, 0.29) is 36.2 Å². The maximum Gasteiger partial charge on any atom is 0.244 e. The van der Waals surface area contributed by atoms with Crippen molar-refractivity contribution in [1.82, 2.24) is 10.2 Å². The maximum absolute atomic E-state index is 14.2. The first kappa shape index (κ1) is 32.8. The van der Waals surface area contributed by atoms with E-state index in [1.165, 1.54) is 25.2 Å². The lowest BCUT2D eigenvalue weighted by Gasteiger charge is -2.34. The molecule has 11 heteroatoms. The van der Waals surface area contributed by atoms with E-state index in [0.29, 0.717) is 17.3 Å². The molecule has 0 radical (unpaired) electrons.